The molecule has 1 aliphatic carbocycles. The standard InChI is InChI=1S/C23H21N3O2S/c27-22-17-6-2-1-5-16(17)21-18(22)7-3-8-19(21)23(28)26-11-4-10-25(12-13-26)15-20-24-9-14-29-20/h1-3,5-9,14H,4,10-13,15H2. The number of hydrogen-bond acceptors (Lipinski definition) is 5. The number of thiazole rings is 1. The van der Waals surface area contributed by atoms with Crippen molar-refractivity contribution in [2.45, 2.75) is 13.0 Å². The van der Waals surface area contributed by atoms with Crippen molar-refractivity contribution in [2.75, 3.05) is 26.2 Å². The number of ketones is 1. The molecule has 0 saturated carbocycles. The van der Waals surface area contributed by atoms with Crippen LogP contribution in [0, 0.1) is 0 Å². The fourth-order valence-corrected chi connectivity index (χ4v) is 4.94. The molecule has 0 unspecified atom stereocenters. The van der Waals surface area contributed by atoms with Crippen LogP contribution < -0.4 is 0 Å². The van der Waals surface area contributed by atoms with Crippen LogP contribution in [0.25, 0.3) is 11.1 Å². The second-order valence-corrected chi connectivity index (χ2v) is 8.43. The van der Waals surface area contributed by atoms with Crippen molar-refractivity contribution in [1.82, 2.24) is 14.8 Å². The van der Waals surface area contributed by atoms with Gasteiger partial charge in [0.15, 0.2) is 5.78 Å². The number of fused-ring (bicyclic) bond motifs is 3. The Balaban J connectivity index is 1.39. The molecule has 0 radical (unpaired) electrons. The molecule has 1 aliphatic heterocycles. The summed E-state index contributed by atoms with van der Waals surface area (Å²) in [4.78, 5) is 34.9. The molecule has 1 saturated heterocycles. The van der Waals surface area contributed by atoms with Crippen LogP contribution in [0.4, 0.5) is 0 Å². The third-order valence-electron chi connectivity index (χ3n) is 5.70. The molecule has 2 aliphatic rings. The summed E-state index contributed by atoms with van der Waals surface area (Å²) in [6.45, 7) is 4.03. The van der Waals surface area contributed by atoms with Gasteiger partial charge < -0.3 is 4.90 Å². The Morgan fingerprint density at radius 1 is 0.966 bits per heavy atom. The fraction of sp³-hybridized carbons (Fsp3) is 0.261. The summed E-state index contributed by atoms with van der Waals surface area (Å²) in [5.74, 6) is 0.0261. The van der Waals surface area contributed by atoms with Crippen molar-refractivity contribution < 1.29 is 9.59 Å². The highest BCUT2D eigenvalue weighted by atomic mass is 32.1. The zero-order valence-electron chi connectivity index (χ0n) is 16.0. The first-order valence-corrected chi connectivity index (χ1v) is 10.8. The largest absolute Gasteiger partial charge is 0.337 e. The minimum absolute atomic E-state index is 0.00994. The number of benzene rings is 2. The lowest BCUT2D eigenvalue weighted by atomic mass is 9.98. The van der Waals surface area contributed by atoms with Gasteiger partial charge in [-0.15, -0.1) is 11.3 Å². The van der Waals surface area contributed by atoms with Gasteiger partial charge in [0.05, 0.1) is 6.54 Å². The predicted octanol–water partition coefficient (Wildman–Crippen LogP) is 3.70. The number of amides is 1. The molecule has 0 bridgehead atoms. The average Bonchev–Trinajstić information content (AvgIpc) is 3.28. The van der Waals surface area contributed by atoms with Crippen LogP contribution in [-0.2, 0) is 6.54 Å². The fourth-order valence-electron chi connectivity index (χ4n) is 4.28. The van der Waals surface area contributed by atoms with E-state index in [9.17, 15) is 9.59 Å². The maximum Gasteiger partial charge on any atom is 0.254 e. The first-order chi connectivity index (χ1) is 14.2. The SMILES string of the molecule is O=C1c2ccccc2-c2c1cccc2C(=O)N1CCCN(Cc2nccs2)CC1. The highest BCUT2D eigenvalue weighted by molar-refractivity contribution is 7.09. The molecular weight excluding hydrogens is 382 g/mol. The lowest BCUT2D eigenvalue weighted by molar-refractivity contribution is 0.0762. The van der Waals surface area contributed by atoms with E-state index >= 15 is 0 Å². The van der Waals surface area contributed by atoms with Gasteiger partial charge in [-0.3, -0.25) is 14.5 Å². The van der Waals surface area contributed by atoms with Gasteiger partial charge >= 0.3 is 0 Å². The van der Waals surface area contributed by atoms with Crippen molar-refractivity contribution in [2.24, 2.45) is 0 Å². The van der Waals surface area contributed by atoms with E-state index in [-0.39, 0.29) is 11.7 Å². The Morgan fingerprint density at radius 3 is 2.62 bits per heavy atom. The molecule has 0 N–H and O–H groups in total. The molecule has 2 aromatic carbocycles. The normalized spacial score (nSPS) is 16.4. The summed E-state index contributed by atoms with van der Waals surface area (Å²) in [6, 6.07) is 13.1. The van der Waals surface area contributed by atoms with E-state index in [1.807, 2.05) is 58.9 Å². The van der Waals surface area contributed by atoms with Gasteiger partial charge in [0.1, 0.15) is 5.01 Å². The summed E-state index contributed by atoms with van der Waals surface area (Å²) in [7, 11) is 0. The molecule has 146 valence electrons. The molecule has 1 amide bonds. The monoisotopic (exact) mass is 403 g/mol. The minimum atomic E-state index is 0.00994. The molecule has 6 heteroatoms. The Labute approximate surface area is 173 Å². The summed E-state index contributed by atoms with van der Waals surface area (Å²) in [5, 5.41) is 3.11. The highest BCUT2D eigenvalue weighted by Gasteiger charge is 2.31. The van der Waals surface area contributed by atoms with E-state index in [1.54, 1.807) is 11.3 Å². The second-order valence-electron chi connectivity index (χ2n) is 7.45. The third kappa shape index (κ3) is 3.28. The molecule has 3 aromatic rings. The molecule has 0 atom stereocenters. The topological polar surface area (TPSA) is 53.5 Å². The van der Waals surface area contributed by atoms with Crippen LogP contribution in [0.2, 0.25) is 0 Å². The van der Waals surface area contributed by atoms with Crippen molar-refractivity contribution in [3.05, 3.63) is 75.7 Å². The number of hydrogen-bond donors (Lipinski definition) is 0. The highest BCUT2D eigenvalue weighted by Crippen LogP contribution is 2.39. The van der Waals surface area contributed by atoms with Crippen LogP contribution in [0.1, 0.15) is 37.7 Å². The number of nitrogens with zero attached hydrogens (tertiary/aromatic N) is 3. The number of aromatic nitrogens is 1. The summed E-state index contributed by atoms with van der Waals surface area (Å²) >= 11 is 1.67. The van der Waals surface area contributed by atoms with Crippen molar-refractivity contribution >= 4 is 23.0 Å². The van der Waals surface area contributed by atoms with Crippen molar-refractivity contribution in [3.63, 3.8) is 0 Å². The number of rotatable bonds is 3. The van der Waals surface area contributed by atoms with Gasteiger partial charge in [-0.2, -0.15) is 0 Å². The van der Waals surface area contributed by atoms with Crippen LogP contribution >= 0.6 is 11.3 Å². The van der Waals surface area contributed by atoms with E-state index in [1.165, 1.54) is 0 Å². The first kappa shape index (κ1) is 18.2. The van der Waals surface area contributed by atoms with E-state index < -0.39 is 0 Å². The lowest BCUT2D eigenvalue weighted by Crippen LogP contribution is -2.35. The molecule has 1 fully saturated rings. The molecule has 29 heavy (non-hydrogen) atoms. The smallest absolute Gasteiger partial charge is 0.254 e. The van der Waals surface area contributed by atoms with Gasteiger partial charge in [0, 0.05) is 60.0 Å². The lowest BCUT2D eigenvalue weighted by Gasteiger charge is -2.22. The Kier molecular flexibility index (Phi) is 4.73. The molecule has 1 aromatic heterocycles. The van der Waals surface area contributed by atoms with Crippen molar-refractivity contribution in [3.8, 4) is 11.1 Å². The van der Waals surface area contributed by atoms with Gasteiger partial charge in [-0.1, -0.05) is 36.4 Å². The van der Waals surface area contributed by atoms with Crippen LogP contribution in [0.15, 0.2) is 54.0 Å². The Hall–Kier alpha value is -2.83. The summed E-state index contributed by atoms with van der Waals surface area (Å²) in [5.41, 5.74) is 3.62. The first-order valence-electron chi connectivity index (χ1n) is 9.89. The average molecular weight is 404 g/mol. The van der Waals surface area contributed by atoms with Crippen LogP contribution in [0.5, 0.6) is 0 Å². The zero-order chi connectivity index (χ0) is 19.8. The third-order valence-corrected chi connectivity index (χ3v) is 6.46. The Morgan fingerprint density at radius 2 is 1.79 bits per heavy atom. The van der Waals surface area contributed by atoms with E-state index in [0.717, 1.165) is 48.7 Å². The maximum atomic E-state index is 13.4. The molecule has 2 heterocycles. The molecule has 5 rings (SSSR count). The summed E-state index contributed by atoms with van der Waals surface area (Å²) < 4.78 is 0. The summed E-state index contributed by atoms with van der Waals surface area (Å²) in [6.07, 6.45) is 2.77. The second kappa shape index (κ2) is 7.54. The quantitative estimate of drug-likeness (QED) is 0.523. The van der Waals surface area contributed by atoms with E-state index in [4.69, 9.17) is 0 Å². The number of carbonyl (C=O) groups excluding carboxylic acids is 2. The molecule has 5 nitrogen and oxygen atoms in total. The van der Waals surface area contributed by atoms with Gasteiger partial charge in [-0.25, -0.2) is 4.98 Å². The minimum Gasteiger partial charge on any atom is -0.337 e. The maximum absolute atomic E-state index is 13.4. The number of carbonyl (C=O) groups is 2. The molecule has 0 spiro atoms. The van der Waals surface area contributed by atoms with E-state index in [0.29, 0.717) is 23.2 Å². The van der Waals surface area contributed by atoms with E-state index in [2.05, 4.69) is 9.88 Å². The van der Waals surface area contributed by atoms with Gasteiger partial charge in [-0.05, 0) is 18.1 Å². The predicted molar refractivity (Wildman–Crippen MR) is 113 cm³/mol. The van der Waals surface area contributed by atoms with Crippen LogP contribution in [-0.4, -0.2) is 52.7 Å². The zero-order valence-corrected chi connectivity index (χ0v) is 16.8. The van der Waals surface area contributed by atoms with Crippen molar-refractivity contribution in [1.29, 1.82) is 0 Å². The molecular formula is C23H21N3O2S. The van der Waals surface area contributed by atoms with Gasteiger partial charge in [0.25, 0.3) is 5.91 Å². The van der Waals surface area contributed by atoms with Gasteiger partial charge in [0.2, 0.25) is 0 Å². The Bertz CT molecular complexity index is 1080. The van der Waals surface area contributed by atoms with Crippen LogP contribution in [0.3, 0.4) is 0 Å².